The van der Waals surface area contributed by atoms with Gasteiger partial charge in [-0.05, 0) is 19.3 Å². The van der Waals surface area contributed by atoms with Crippen molar-refractivity contribution in [3.63, 3.8) is 0 Å². The molecule has 304 valence electrons. The van der Waals surface area contributed by atoms with E-state index in [4.69, 9.17) is 14.8 Å². The first-order chi connectivity index (χ1) is 24.8. The van der Waals surface area contributed by atoms with Crippen LogP contribution >= 0.6 is 7.82 Å². The molecule has 0 saturated heterocycles. The van der Waals surface area contributed by atoms with E-state index in [1.54, 1.807) is 6.08 Å². The summed E-state index contributed by atoms with van der Waals surface area (Å²) in [7, 11) is -4.39. The number of nitrogens with one attached hydrogen (secondary N) is 1. The van der Waals surface area contributed by atoms with Gasteiger partial charge in [-0.15, -0.1) is 0 Å². The van der Waals surface area contributed by atoms with Gasteiger partial charge in [0.2, 0.25) is 5.91 Å². The molecule has 0 spiro atoms. The Kier molecular flexibility index (Phi) is 36.9. The van der Waals surface area contributed by atoms with Crippen molar-refractivity contribution < 1.29 is 33.5 Å². The standard InChI is InChI=1S/C41H83N2O7P/c1-3-5-7-9-11-13-15-16-17-18-19-20-21-23-24-26-28-30-32-38(44)36-41(46)43-39(37-50-51(47,48)49-35-34-42)40(45)33-31-29-27-25-22-14-12-10-8-6-4-2/h31,33,38-40,44-45H,3-30,32,34-37,42H2,1-2H3,(H,43,46)(H,47,48)/b33-31+. The summed E-state index contributed by atoms with van der Waals surface area (Å²) < 4.78 is 22.0. The summed E-state index contributed by atoms with van der Waals surface area (Å²) in [5.41, 5.74) is 5.35. The summed E-state index contributed by atoms with van der Waals surface area (Å²) in [6.07, 6.45) is 37.3. The number of carbonyl (C=O) groups is 1. The van der Waals surface area contributed by atoms with Gasteiger partial charge >= 0.3 is 7.82 Å². The summed E-state index contributed by atoms with van der Waals surface area (Å²) in [5.74, 6) is -0.444. The van der Waals surface area contributed by atoms with Crippen LogP contribution in [0, 0.1) is 0 Å². The second-order valence-corrected chi connectivity index (χ2v) is 16.2. The second-order valence-electron chi connectivity index (χ2n) is 14.8. The number of phosphoric acid groups is 1. The van der Waals surface area contributed by atoms with Gasteiger partial charge in [0.25, 0.3) is 0 Å². The van der Waals surface area contributed by atoms with Crippen molar-refractivity contribution in [1.82, 2.24) is 5.32 Å². The van der Waals surface area contributed by atoms with Crippen LogP contribution in [0.4, 0.5) is 0 Å². The first kappa shape index (κ1) is 50.2. The van der Waals surface area contributed by atoms with E-state index in [1.807, 2.05) is 6.08 Å². The quantitative estimate of drug-likeness (QED) is 0.0236. The van der Waals surface area contributed by atoms with E-state index in [0.717, 1.165) is 38.5 Å². The van der Waals surface area contributed by atoms with Crippen molar-refractivity contribution in [3.8, 4) is 0 Å². The summed E-state index contributed by atoms with van der Waals surface area (Å²) in [6, 6.07) is -0.976. The van der Waals surface area contributed by atoms with Crippen LogP contribution in [0.15, 0.2) is 12.2 Å². The predicted octanol–water partition coefficient (Wildman–Crippen LogP) is 10.6. The molecule has 0 aromatic rings. The van der Waals surface area contributed by atoms with Crippen LogP contribution in [0.25, 0.3) is 0 Å². The highest BCUT2D eigenvalue weighted by atomic mass is 31.2. The molecule has 0 radical (unpaired) electrons. The lowest BCUT2D eigenvalue weighted by atomic mass is 10.0. The molecule has 0 aliphatic rings. The van der Waals surface area contributed by atoms with Crippen LogP contribution in [0.3, 0.4) is 0 Å². The summed E-state index contributed by atoms with van der Waals surface area (Å²) in [5, 5.41) is 24.0. The highest BCUT2D eigenvalue weighted by molar-refractivity contribution is 7.47. The number of aliphatic hydroxyl groups excluding tert-OH is 2. The van der Waals surface area contributed by atoms with E-state index in [-0.39, 0.29) is 19.6 Å². The third-order valence-corrected chi connectivity index (χ3v) is 10.7. The average molecular weight is 747 g/mol. The molecule has 9 nitrogen and oxygen atoms in total. The molecule has 4 atom stereocenters. The van der Waals surface area contributed by atoms with Crippen LogP contribution in [0.1, 0.15) is 206 Å². The summed E-state index contributed by atoms with van der Waals surface area (Å²) >= 11 is 0. The Morgan fingerprint density at radius 3 is 1.51 bits per heavy atom. The van der Waals surface area contributed by atoms with Crippen molar-refractivity contribution in [1.29, 1.82) is 0 Å². The minimum Gasteiger partial charge on any atom is -0.393 e. The molecule has 0 heterocycles. The fourth-order valence-corrected chi connectivity index (χ4v) is 7.17. The molecule has 1 amide bonds. The smallest absolute Gasteiger partial charge is 0.393 e. The fraction of sp³-hybridized carbons (Fsp3) is 0.927. The van der Waals surface area contributed by atoms with Crippen molar-refractivity contribution in [3.05, 3.63) is 12.2 Å². The van der Waals surface area contributed by atoms with E-state index in [9.17, 15) is 24.5 Å². The molecule has 4 unspecified atom stereocenters. The molecule has 0 saturated carbocycles. The number of allylic oxidation sites excluding steroid dienone is 1. The van der Waals surface area contributed by atoms with Gasteiger partial charge in [-0.3, -0.25) is 13.8 Å². The highest BCUT2D eigenvalue weighted by Crippen LogP contribution is 2.43. The molecule has 0 fully saturated rings. The number of aliphatic hydroxyl groups is 2. The molecular weight excluding hydrogens is 663 g/mol. The summed E-state index contributed by atoms with van der Waals surface area (Å²) in [4.78, 5) is 22.7. The normalized spacial score (nSPS) is 14.9. The van der Waals surface area contributed by atoms with Crippen LogP contribution in [0.2, 0.25) is 0 Å². The van der Waals surface area contributed by atoms with Crippen molar-refractivity contribution in [2.45, 2.75) is 225 Å². The maximum atomic E-state index is 12.8. The first-order valence-electron chi connectivity index (χ1n) is 21.4. The number of hydrogen-bond donors (Lipinski definition) is 5. The molecule has 0 aromatic carbocycles. The monoisotopic (exact) mass is 747 g/mol. The van der Waals surface area contributed by atoms with Crippen LogP contribution in [-0.2, 0) is 18.4 Å². The number of phosphoric ester groups is 1. The maximum absolute atomic E-state index is 12.8. The van der Waals surface area contributed by atoms with Crippen molar-refractivity contribution in [2.75, 3.05) is 19.8 Å². The number of carbonyl (C=O) groups excluding carboxylic acids is 1. The van der Waals surface area contributed by atoms with Crippen molar-refractivity contribution in [2.24, 2.45) is 5.73 Å². The molecule has 0 rings (SSSR count). The third-order valence-electron chi connectivity index (χ3n) is 9.67. The van der Waals surface area contributed by atoms with E-state index in [1.165, 1.54) is 141 Å². The zero-order valence-electron chi connectivity index (χ0n) is 33.2. The Morgan fingerprint density at radius 1 is 0.667 bits per heavy atom. The molecule has 0 aromatic heterocycles. The summed E-state index contributed by atoms with van der Waals surface area (Å²) in [6.45, 7) is 3.97. The lowest BCUT2D eigenvalue weighted by Crippen LogP contribution is -2.46. The Balaban J connectivity index is 4.23. The predicted molar refractivity (Wildman–Crippen MR) is 214 cm³/mol. The van der Waals surface area contributed by atoms with Gasteiger partial charge in [-0.2, -0.15) is 0 Å². The number of hydrogen-bond acceptors (Lipinski definition) is 7. The van der Waals surface area contributed by atoms with E-state index in [2.05, 4.69) is 19.2 Å². The van der Waals surface area contributed by atoms with Gasteiger partial charge in [0.05, 0.1) is 37.9 Å². The largest absolute Gasteiger partial charge is 0.472 e. The molecular formula is C41H83N2O7P. The van der Waals surface area contributed by atoms with Gasteiger partial charge in [-0.1, -0.05) is 193 Å². The Hall–Kier alpha value is -0.800. The zero-order valence-corrected chi connectivity index (χ0v) is 34.1. The van der Waals surface area contributed by atoms with Crippen LogP contribution in [-0.4, -0.2) is 59.0 Å². The second kappa shape index (κ2) is 37.5. The fourth-order valence-electron chi connectivity index (χ4n) is 6.41. The van der Waals surface area contributed by atoms with Gasteiger partial charge in [0.1, 0.15) is 0 Å². The average Bonchev–Trinajstić information content (AvgIpc) is 3.10. The third kappa shape index (κ3) is 36.0. The minimum atomic E-state index is -4.39. The lowest BCUT2D eigenvalue weighted by Gasteiger charge is -2.24. The number of rotatable bonds is 40. The van der Waals surface area contributed by atoms with Crippen molar-refractivity contribution >= 4 is 13.7 Å². The van der Waals surface area contributed by atoms with Gasteiger partial charge in [0, 0.05) is 6.54 Å². The molecule has 6 N–H and O–H groups in total. The molecule has 0 bridgehead atoms. The molecule has 10 heteroatoms. The number of unbranched alkanes of at least 4 members (excludes halogenated alkanes) is 26. The molecule has 51 heavy (non-hydrogen) atoms. The topological polar surface area (TPSA) is 151 Å². The van der Waals surface area contributed by atoms with E-state index >= 15 is 0 Å². The SMILES string of the molecule is CCCCCCCCCCC/C=C/C(O)C(COP(=O)(O)OCCN)NC(=O)CC(O)CCCCCCCCCCCCCCCCCCCC. The van der Waals surface area contributed by atoms with Gasteiger partial charge in [0.15, 0.2) is 0 Å². The first-order valence-corrected chi connectivity index (χ1v) is 22.9. The minimum absolute atomic E-state index is 0.0512. The number of nitrogens with two attached hydrogens (primary N) is 1. The van der Waals surface area contributed by atoms with Crippen LogP contribution in [0.5, 0.6) is 0 Å². The molecule has 0 aliphatic carbocycles. The Labute approximate surface area is 314 Å². The lowest BCUT2D eigenvalue weighted by molar-refractivity contribution is -0.124. The van der Waals surface area contributed by atoms with E-state index < -0.39 is 38.6 Å². The number of amides is 1. The highest BCUT2D eigenvalue weighted by Gasteiger charge is 2.27. The van der Waals surface area contributed by atoms with E-state index in [0.29, 0.717) is 6.42 Å². The van der Waals surface area contributed by atoms with Gasteiger partial charge in [-0.25, -0.2) is 4.57 Å². The van der Waals surface area contributed by atoms with Crippen LogP contribution < -0.4 is 11.1 Å². The maximum Gasteiger partial charge on any atom is 0.472 e. The van der Waals surface area contributed by atoms with Gasteiger partial charge < -0.3 is 26.2 Å². The Bertz CT molecular complexity index is 832. The zero-order chi connectivity index (χ0) is 37.7. The Morgan fingerprint density at radius 2 is 1.08 bits per heavy atom. The molecule has 0 aliphatic heterocycles.